The Labute approximate surface area is 133 Å². The molecule has 2 amide bonds. The minimum atomic E-state index is -0.177. The van der Waals surface area contributed by atoms with E-state index in [-0.39, 0.29) is 28.8 Å². The van der Waals surface area contributed by atoms with Gasteiger partial charge in [0.2, 0.25) is 0 Å². The lowest BCUT2D eigenvalue weighted by atomic mass is 10.1. The van der Waals surface area contributed by atoms with E-state index in [1.54, 1.807) is 24.3 Å². The SMILES string of the molecule is O=C1c2ccccc2C(=O)N1CCC[n+]1ccccc1.[Br-]. The van der Waals surface area contributed by atoms with Gasteiger partial charge >= 0.3 is 0 Å². The first kappa shape index (κ1) is 15.4. The van der Waals surface area contributed by atoms with Crippen LogP contribution in [0.15, 0.2) is 54.9 Å². The summed E-state index contributed by atoms with van der Waals surface area (Å²) < 4.78 is 2.04. The Balaban J connectivity index is 0.00000161. The molecular formula is C16H15BrN2O2. The summed E-state index contributed by atoms with van der Waals surface area (Å²) in [6.45, 7) is 1.24. The molecule has 5 heteroatoms. The number of hydrogen-bond acceptors (Lipinski definition) is 2. The minimum Gasteiger partial charge on any atom is -1.00 e. The number of halogens is 1. The normalized spacial score (nSPS) is 13.0. The van der Waals surface area contributed by atoms with Crippen molar-refractivity contribution in [1.82, 2.24) is 4.90 Å². The Morgan fingerprint density at radius 1 is 0.857 bits per heavy atom. The van der Waals surface area contributed by atoms with Gasteiger partial charge in [-0.3, -0.25) is 14.5 Å². The van der Waals surface area contributed by atoms with Gasteiger partial charge in [-0.05, 0) is 12.1 Å². The zero-order chi connectivity index (χ0) is 13.9. The Hall–Kier alpha value is -2.01. The van der Waals surface area contributed by atoms with Crippen LogP contribution >= 0.6 is 0 Å². The Morgan fingerprint density at radius 3 is 2.00 bits per heavy atom. The maximum atomic E-state index is 12.1. The molecule has 1 aromatic carbocycles. The molecule has 2 heterocycles. The molecule has 2 aromatic rings. The van der Waals surface area contributed by atoms with Gasteiger partial charge in [-0.2, -0.15) is 0 Å². The van der Waals surface area contributed by atoms with E-state index >= 15 is 0 Å². The zero-order valence-electron chi connectivity index (χ0n) is 11.4. The van der Waals surface area contributed by atoms with Crippen molar-refractivity contribution in [3.8, 4) is 0 Å². The van der Waals surface area contributed by atoms with Crippen LogP contribution in [0.3, 0.4) is 0 Å². The molecule has 0 radical (unpaired) electrons. The molecular weight excluding hydrogens is 332 g/mol. The van der Waals surface area contributed by atoms with Crippen LogP contribution in [0.25, 0.3) is 0 Å². The molecule has 1 aromatic heterocycles. The Morgan fingerprint density at radius 2 is 1.43 bits per heavy atom. The summed E-state index contributed by atoms with van der Waals surface area (Å²) in [4.78, 5) is 25.6. The molecule has 0 fully saturated rings. The molecule has 0 bridgehead atoms. The maximum absolute atomic E-state index is 12.1. The number of hydrogen-bond donors (Lipinski definition) is 0. The molecule has 1 aliphatic rings. The fraction of sp³-hybridized carbons (Fsp3) is 0.188. The van der Waals surface area contributed by atoms with Crippen molar-refractivity contribution in [3.63, 3.8) is 0 Å². The predicted molar refractivity (Wildman–Crippen MR) is 73.1 cm³/mol. The Bertz CT molecular complexity index is 623. The lowest BCUT2D eigenvalue weighted by Gasteiger charge is -2.12. The number of rotatable bonds is 4. The summed E-state index contributed by atoms with van der Waals surface area (Å²) in [7, 11) is 0. The van der Waals surface area contributed by atoms with E-state index in [2.05, 4.69) is 0 Å². The summed E-state index contributed by atoms with van der Waals surface area (Å²) in [6.07, 6.45) is 4.70. The van der Waals surface area contributed by atoms with E-state index in [1.807, 2.05) is 35.2 Å². The fourth-order valence-corrected chi connectivity index (χ4v) is 2.44. The lowest BCUT2D eigenvalue weighted by Crippen LogP contribution is -3.00. The first-order valence-corrected chi connectivity index (χ1v) is 6.66. The van der Waals surface area contributed by atoms with E-state index in [4.69, 9.17) is 0 Å². The summed E-state index contributed by atoms with van der Waals surface area (Å²) in [5, 5.41) is 0. The third-order valence-electron chi connectivity index (χ3n) is 3.45. The quantitative estimate of drug-likeness (QED) is 0.508. The first-order valence-electron chi connectivity index (χ1n) is 6.66. The van der Waals surface area contributed by atoms with Crippen LogP contribution in [0, 0.1) is 0 Å². The highest BCUT2D eigenvalue weighted by Crippen LogP contribution is 2.22. The fourth-order valence-electron chi connectivity index (χ4n) is 2.44. The molecule has 3 rings (SSSR count). The minimum absolute atomic E-state index is 0. The number of aromatic nitrogens is 1. The number of carbonyl (C=O) groups excluding carboxylic acids is 2. The molecule has 4 nitrogen and oxygen atoms in total. The van der Waals surface area contributed by atoms with E-state index < -0.39 is 0 Å². The monoisotopic (exact) mass is 346 g/mol. The van der Waals surface area contributed by atoms with E-state index in [9.17, 15) is 9.59 Å². The van der Waals surface area contributed by atoms with Crippen molar-refractivity contribution in [2.45, 2.75) is 13.0 Å². The van der Waals surface area contributed by atoms with Gasteiger partial charge in [0.15, 0.2) is 12.4 Å². The summed E-state index contributed by atoms with van der Waals surface area (Å²) in [5.74, 6) is -0.354. The molecule has 0 saturated heterocycles. The van der Waals surface area contributed by atoms with Crippen molar-refractivity contribution in [1.29, 1.82) is 0 Å². The molecule has 0 aliphatic carbocycles. The molecule has 0 atom stereocenters. The van der Waals surface area contributed by atoms with Crippen LogP contribution in [-0.2, 0) is 6.54 Å². The van der Waals surface area contributed by atoms with Crippen molar-refractivity contribution < 1.29 is 31.1 Å². The van der Waals surface area contributed by atoms with E-state index in [1.165, 1.54) is 4.90 Å². The maximum Gasteiger partial charge on any atom is 0.261 e. The van der Waals surface area contributed by atoms with Crippen molar-refractivity contribution in [2.75, 3.05) is 6.54 Å². The number of pyridine rings is 1. The number of fused-ring (bicyclic) bond motifs is 1. The molecule has 0 N–H and O–H groups in total. The largest absolute Gasteiger partial charge is 1.00 e. The number of nitrogens with zero attached hydrogens (tertiary/aromatic N) is 2. The molecule has 21 heavy (non-hydrogen) atoms. The third kappa shape index (κ3) is 3.03. The summed E-state index contributed by atoms with van der Waals surface area (Å²) in [5.41, 5.74) is 1.04. The van der Waals surface area contributed by atoms with Gasteiger partial charge in [-0.1, -0.05) is 18.2 Å². The molecule has 1 aliphatic heterocycles. The van der Waals surface area contributed by atoms with Crippen LogP contribution in [-0.4, -0.2) is 23.3 Å². The van der Waals surface area contributed by atoms with E-state index in [0.29, 0.717) is 17.7 Å². The third-order valence-corrected chi connectivity index (χ3v) is 3.45. The predicted octanol–water partition coefficient (Wildman–Crippen LogP) is -1.34. The van der Waals surface area contributed by atoms with Crippen molar-refractivity contribution in [2.24, 2.45) is 0 Å². The zero-order valence-corrected chi connectivity index (χ0v) is 13.0. The van der Waals surface area contributed by atoms with Crippen LogP contribution in [0.4, 0.5) is 0 Å². The van der Waals surface area contributed by atoms with Gasteiger partial charge in [0.05, 0.1) is 11.1 Å². The summed E-state index contributed by atoms with van der Waals surface area (Å²) in [6, 6.07) is 12.9. The summed E-state index contributed by atoms with van der Waals surface area (Å²) >= 11 is 0. The highest BCUT2D eigenvalue weighted by molar-refractivity contribution is 6.21. The highest BCUT2D eigenvalue weighted by Gasteiger charge is 2.34. The van der Waals surface area contributed by atoms with Crippen LogP contribution in [0.1, 0.15) is 27.1 Å². The van der Waals surface area contributed by atoms with Gasteiger partial charge < -0.3 is 17.0 Å². The van der Waals surface area contributed by atoms with Crippen LogP contribution in [0.2, 0.25) is 0 Å². The number of imide groups is 1. The second-order valence-electron chi connectivity index (χ2n) is 4.77. The molecule has 0 unspecified atom stereocenters. The average Bonchev–Trinajstić information content (AvgIpc) is 2.74. The standard InChI is InChI=1S/C16H15N2O2.BrH/c19-15-13-7-2-3-8-14(13)16(20)18(15)12-6-11-17-9-4-1-5-10-17;/h1-5,7-10H,6,11-12H2;1H/q+1;/p-1. The molecule has 108 valence electrons. The number of benzene rings is 1. The van der Waals surface area contributed by atoms with Gasteiger partial charge in [0.25, 0.3) is 11.8 Å². The number of aryl methyl sites for hydroxylation is 1. The Kier molecular flexibility index (Phi) is 4.85. The smallest absolute Gasteiger partial charge is 0.261 e. The van der Waals surface area contributed by atoms with Gasteiger partial charge in [-0.15, -0.1) is 0 Å². The highest BCUT2D eigenvalue weighted by atomic mass is 79.9. The van der Waals surface area contributed by atoms with E-state index in [0.717, 1.165) is 13.0 Å². The van der Waals surface area contributed by atoms with Gasteiger partial charge in [0.1, 0.15) is 6.54 Å². The van der Waals surface area contributed by atoms with Gasteiger partial charge in [-0.25, -0.2) is 4.57 Å². The number of amides is 2. The van der Waals surface area contributed by atoms with Crippen LogP contribution < -0.4 is 21.5 Å². The second kappa shape index (κ2) is 6.63. The van der Waals surface area contributed by atoms with Crippen LogP contribution in [0.5, 0.6) is 0 Å². The molecule has 0 spiro atoms. The van der Waals surface area contributed by atoms with Crippen molar-refractivity contribution in [3.05, 3.63) is 66.0 Å². The second-order valence-corrected chi connectivity index (χ2v) is 4.77. The lowest BCUT2D eigenvalue weighted by molar-refractivity contribution is -0.697. The first-order chi connectivity index (χ1) is 9.77. The van der Waals surface area contributed by atoms with Crippen molar-refractivity contribution >= 4 is 11.8 Å². The average molecular weight is 347 g/mol. The number of carbonyl (C=O) groups is 2. The molecule has 0 saturated carbocycles. The topological polar surface area (TPSA) is 41.3 Å². The van der Waals surface area contributed by atoms with Gasteiger partial charge in [0, 0.05) is 25.1 Å².